The molecule has 0 radical (unpaired) electrons. The second-order valence-electron chi connectivity index (χ2n) is 4.23. The van der Waals surface area contributed by atoms with Crippen LogP contribution in [-0.2, 0) is 18.4 Å². The zero-order valence-corrected chi connectivity index (χ0v) is 13.1. The third-order valence-electron chi connectivity index (χ3n) is 2.62. The fourth-order valence-electron chi connectivity index (χ4n) is 1.60. The smallest absolute Gasteiger partial charge is 0.244 e. The van der Waals surface area contributed by atoms with Crippen LogP contribution >= 0.6 is 27.5 Å². The molecule has 1 heterocycles. The molecule has 0 aliphatic rings. The van der Waals surface area contributed by atoms with Gasteiger partial charge in [-0.15, -0.1) is 0 Å². The standard InChI is InChI=1S/C14H13BrClN3O/c1-19-9-10(7-18-19)2-5-14(20)17-8-11-3-4-12(15)6-13(11)16/h2-7,9H,8H2,1H3,(H,17,20)/b5-2+. The van der Waals surface area contributed by atoms with E-state index in [4.69, 9.17) is 11.6 Å². The molecule has 20 heavy (non-hydrogen) atoms. The Morgan fingerprint density at radius 2 is 2.35 bits per heavy atom. The summed E-state index contributed by atoms with van der Waals surface area (Å²) in [6.45, 7) is 0.391. The number of nitrogens with zero attached hydrogens (tertiary/aromatic N) is 2. The first kappa shape index (κ1) is 14.8. The van der Waals surface area contributed by atoms with E-state index in [0.717, 1.165) is 15.6 Å². The lowest BCUT2D eigenvalue weighted by atomic mass is 10.2. The monoisotopic (exact) mass is 353 g/mol. The second kappa shape index (κ2) is 6.72. The minimum Gasteiger partial charge on any atom is -0.348 e. The highest BCUT2D eigenvalue weighted by molar-refractivity contribution is 9.10. The summed E-state index contributed by atoms with van der Waals surface area (Å²) in [5.41, 5.74) is 1.75. The van der Waals surface area contributed by atoms with Crippen LogP contribution in [0.2, 0.25) is 5.02 Å². The molecular formula is C14H13BrClN3O. The molecule has 0 unspecified atom stereocenters. The number of benzene rings is 1. The Balaban J connectivity index is 1.90. The van der Waals surface area contributed by atoms with Gasteiger partial charge in [0.05, 0.1) is 6.20 Å². The van der Waals surface area contributed by atoms with E-state index in [1.165, 1.54) is 6.08 Å². The van der Waals surface area contributed by atoms with Crippen molar-refractivity contribution in [3.8, 4) is 0 Å². The van der Waals surface area contributed by atoms with Gasteiger partial charge in [0.25, 0.3) is 0 Å². The molecule has 0 spiro atoms. The van der Waals surface area contributed by atoms with E-state index in [2.05, 4.69) is 26.3 Å². The summed E-state index contributed by atoms with van der Waals surface area (Å²) in [6, 6.07) is 5.56. The van der Waals surface area contributed by atoms with E-state index in [1.54, 1.807) is 23.0 Å². The van der Waals surface area contributed by atoms with Gasteiger partial charge in [-0.25, -0.2) is 0 Å². The number of carbonyl (C=O) groups excluding carboxylic acids is 1. The summed E-state index contributed by atoms with van der Waals surface area (Å²) >= 11 is 9.42. The van der Waals surface area contributed by atoms with Crippen molar-refractivity contribution in [3.63, 3.8) is 0 Å². The highest BCUT2D eigenvalue weighted by Crippen LogP contribution is 2.21. The molecule has 0 aliphatic carbocycles. The van der Waals surface area contributed by atoms with E-state index in [-0.39, 0.29) is 5.91 Å². The van der Waals surface area contributed by atoms with Crippen molar-refractivity contribution in [2.24, 2.45) is 7.05 Å². The van der Waals surface area contributed by atoms with E-state index in [1.807, 2.05) is 25.4 Å². The van der Waals surface area contributed by atoms with Gasteiger partial charge in [0.2, 0.25) is 5.91 Å². The Morgan fingerprint density at radius 3 is 3.00 bits per heavy atom. The summed E-state index contributed by atoms with van der Waals surface area (Å²) in [6.07, 6.45) is 6.71. The average Bonchev–Trinajstić information content (AvgIpc) is 2.81. The molecule has 0 atom stereocenters. The van der Waals surface area contributed by atoms with Crippen LogP contribution in [0, 0.1) is 0 Å². The van der Waals surface area contributed by atoms with Crippen LogP contribution in [0.4, 0.5) is 0 Å². The van der Waals surface area contributed by atoms with Crippen LogP contribution in [0.3, 0.4) is 0 Å². The average molecular weight is 355 g/mol. The van der Waals surface area contributed by atoms with Crippen molar-refractivity contribution in [3.05, 3.63) is 57.3 Å². The van der Waals surface area contributed by atoms with Crippen LogP contribution in [-0.4, -0.2) is 15.7 Å². The van der Waals surface area contributed by atoms with E-state index in [9.17, 15) is 4.79 Å². The fourth-order valence-corrected chi connectivity index (χ4v) is 2.34. The van der Waals surface area contributed by atoms with Gasteiger partial charge in [-0.3, -0.25) is 9.48 Å². The first-order chi connectivity index (χ1) is 9.54. The minimum absolute atomic E-state index is 0.173. The maximum absolute atomic E-state index is 11.7. The van der Waals surface area contributed by atoms with Gasteiger partial charge in [-0.05, 0) is 23.8 Å². The van der Waals surface area contributed by atoms with Crippen LogP contribution in [0.15, 0.2) is 41.1 Å². The molecule has 1 aromatic carbocycles. The molecule has 2 rings (SSSR count). The molecular weight excluding hydrogens is 342 g/mol. The molecule has 1 aromatic heterocycles. The molecule has 6 heteroatoms. The van der Waals surface area contributed by atoms with Crippen molar-refractivity contribution < 1.29 is 4.79 Å². The van der Waals surface area contributed by atoms with Gasteiger partial charge in [0.1, 0.15) is 0 Å². The second-order valence-corrected chi connectivity index (χ2v) is 5.56. The topological polar surface area (TPSA) is 46.9 Å². The zero-order chi connectivity index (χ0) is 14.5. The number of halogens is 2. The quantitative estimate of drug-likeness (QED) is 0.857. The molecule has 1 N–H and O–H groups in total. The predicted octanol–water partition coefficient (Wildman–Crippen LogP) is 3.17. The van der Waals surface area contributed by atoms with Crippen molar-refractivity contribution in [1.82, 2.24) is 15.1 Å². The third kappa shape index (κ3) is 4.21. The molecule has 0 bridgehead atoms. The van der Waals surface area contributed by atoms with Crippen LogP contribution in [0.25, 0.3) is 6.08 Å². The number of aromatic nitrogens is 2. The molecule has 1 amide bonds. The Bertz CT molecular complexity index is 652. The zero-order valence-electron chi connectivity index (χ0n) is 10.8. The van der Waals surface area contributed by atoms with Gasteiger partial charge in [0, 0.05) is 40.9 Å². The number of rotatable bonds is 4. The maximum Gasteiger partial charge on any atom is 0.244 e. The van der Waals surface area contributed by atoms with E-state index < -0.39 is 0 Å². The number of hydrogen-bond donors (Lipinski definition) is 1. The van der Waals surface area contributed by atoms with Crippen molar-refractivity contribution in [1.29, 1.82) is 0 Å². The third-order valence-corrected chi connectivity index (χ3v) is 3.47. The van der Waals surface area contributed by atoms with Gasteiger partial charge in [-0.1, -0.05) is 33.6 Å². The summed E-state index contributed by atoms with van der Waals surface area (Å²) < 4.78 is 2.59. The van der Waals surface area contributed by atoms with Gasteiger partial charge < -0.3 is 5.32 Å². The lowest BCUT2D eigenvalue weighted by molar-refractivity contribution is -0.116. The molecule has 104 valence electrons. The Morgan fingerprint density at radius 1 is 1.55 bits per heavy atom. The van der Waals surface area contributed by atoms with Gasteiger partial charge >= 0.3 is 0 Å². The number of carbonyl (C=O) groups is 1. The normalized spacial score (nSPS) is 10.9. The molecule has 2 aromatic rings. The lowest BCUT2D eigenvalue weighted by Gasteiger charge is -2.05. The largest absolute Gasteiger partial charge is 0.348 e. The van der Waals surface area contributed by atoms with E-state index >= 15 is 0 Å². The molecule has 0 saturated carbocycles. The number of hydrogen-bond acceptors (Lipinski definition) is 2. The molecule has 0 fully saturated rings. The molecule has 0 saturated heterocycles. The van der Waals surface area contributed by atoms with Crippen LogP contribution in [0.5, 0.6) is 0 Å². The van der Waals surface area contributed by atoms with Crippen molar-refractivity contribution in [2.75, 3.05) is 0 Å². The Labute approximate surface area is 130 Å². The van der Waals surface area contributed by atoms with Crippen molar-refractivity contribution >= 4 is 39.5 Å². The summed E-state index contributed by atoms with van der Waals surface area (Å²) in [5.74, 6) is -0.173. The number of amides is 1. The Kier molecular flexibility index (Phi) is 4.98. The van der Waals surface area contributed by atoms with E-state index in [0.29, 0.717) is 11.6 Å². The van der Waals surface area contributed by atoms with Gasteiger partial charge in [0.15, 0.2) is 0 Å². The highest BCUT2D eigenvalue weighted by atomic mass is 79.9. The first-order valence-electron chi connectivity index (χ1n) is 5.93. The van der Waals surface area contributed by atoms with Crippen LogP contribution < -0.4 is 5.32 Å². The summed E-state index contributed by atoms with van der Waals surface area (Å²) in [7, 11) is 1.83. The fraction of sp³-hybridized carbons (Fsp3) is 0.143. The highest BCUT2D eigenvalue weighted by Gasteiger charge is 2.02. The molecule has 4 nitrogen and oxygen atoms in total. The summed E-state index contributed by atoms with van der Waals surface area (Å²) in [4.78, 5) is 11.7. The SMILES string of the molecule is Cn1cc(/C=C/C(=O)NCc2ccc(Br)cc2Cl)cn1. The molecule has 0 aliphatic heterocycles. The number of nitrogens with one attached hydrogen (secondary N) is 1. The number of aryl methyl sites for hydroxylation is 1. The Hall–Kier alpha value is -1.59. The minimum atomic E-state index is -0.173. The predicted molar refractivity (Wildman–Crippen MR) is 83.2 cm³/mol. The first-order valence-corrected chi connectivity index (χ1v) is 7.10. The summed E-state index contributed by atoms with van der Waals surface area (Å²) in [5, 5.41) is 7.42. The van der Waals surface area contributed by atoms with Gasteiger partial charge in [-0.2, -0.15) is 5.10 Å². The van der Waals surface area contributed by atoms with Crippen LogP contribution in [0.1, 0.15) is 11.1 Å². The lowest BCUT2D eigenvalue weighted by Crippen LogP contribution is -2.20. The maximum atomic E-state index is 11.7. The van der Waals surface area contributed by atoms with Crippen molar-refractivity contribution in [2.45, 2.75) is 6.54 Å².